The fourth-order valence-corrected chi connectivity index (χ4v) is 1.45. The number of carbonyl (C=O) groups is 3. The highest BCUT2D eigenvalue weighted by molar-refractivity contribution is 6.48. The minimum atomic E-state index is -0.950. The van der Waals surface area contributed by atoms with Crippen molar-refractivity contribution in [3.05, 3.63) is 35.9 Å². The number of carbonyl (C=O) groups excluding carboxylic acids is 3. The molecule has 0 aromatic heterocycles. The number of alkyl carbamates (subject to hydrolysis) is 1. The molecule has 0 aliphatic carbocycles. The van der Waals surface area contributed by atoms with Crippen molar-refractivity contribution in [1.29, 1.82) is 0 Å². The zero-order valence-electron chi connectivity index (χ0n) is 10.4. The number of amides is 1. The molecule has 1 rings (SSSR count). The lowest BCUT2D eigenvalue weighted by molar-refractivity contribution is -0.136. The van der Waals surface area contributed by atoms with Crippen molar-refractivity contribution in [1.82, 2.24) is 5.32 Å². The minimum absolute atomic E-state index is 0.0943. The van der Waals surface area contributed by atoms with Crippen LogP contribution in [0.1, 0.15) is 12.5 Å². The molecule has 0 unspecified atom stereocenters. The average molecular weight is 284 g/mol. The number of ether oxygens (including phenoxy) is 1. The Bertz CT molecular complexity index is 461. The predicted molar refractivity (Wildman–Crippen MR) is 70.0 cm³/mol. The summed E-state index contributed by atoms with van der Waals surface area (Å²) in [5, 5.41) is 2.27. The van der Waals surface area contributed by atoms with E-state index >= 15 is 0 Å². The first-order chi connectivity index (χ1) is 9.04. The van der Waals surface area contributed by atoms with Crippen molar-refractivity contribution in [3.63, 3.8) is 0 Å². The van der Waals surface area contributed by atoms with Crippen LogP contribution in [0.15, 0.2) is 30.3 Å². The molecule has 1 N–H and O–H groups in total. The number of hydrogen-bond donors (Lipinski definition) is 1. The summed E-state index contributed by atoms with van der Waals surface area (Å²) in [5.41, 5.74) is 0.827. The van der Waals surface area contributed by atoms with Gasteiger partial charge in [-0.05, 0) is 12.5 Å². The maximum Gasteiger partial charge on any atom is 0.408 e. The summed E-state index contributed by atoms with van der Waals surface area (Å²) >= 11 is 5.25. The number of halogens is 1. The summed E-state index contributed by atoms with van der Waals surface area (Å²) in [6, 6.07) is 8.15. The number of alkyl halides is 1. The Kier molecular flexibility index (Phi) is 6.02. The normalized spacial score (nSPS) is 11.5. The van der Waals surface area contributed by atoms with Crippen LogP contribution in [0.4, 0.5) is 4.79 Å². The van der Waals surface area contributed by atoms with Gasteiger partial charge in [-0.1, -0.05) is 30.3 Å². The molecule has 1 aromatic carbocycles. The molecule has 1 amide bonds. The van der Waals surface area contributed by atoms with E-state index in [1.807, 2.05) is 18.2 Å². The number of nitrogens with one attached hydrogen (secondary N) is 1. The Balaban J connectivity index is 2.39. The van der Waals surface area contributed by atoms with Crippen molar-refractivity contribution in [3.8, 4) is 0 Å². The third kappa shape index (κ3) is 5.09. The number of hydrogen-bond acceptors (Lipinski definition) is 4. The lowest BCUT2D eigenvalue weighted by Crippen LogP contribution is -2.42. The third-order valence-corrected chi connectivity index (χ3v) is 2.58. The van der Waals surface area contributed by atoms with Gasteiger partial charge in [-0.2, -0.15) is 0 Å². The van der Waals surface area contributed by atoms with Gasteiger partial charge in [-0.3, -0.25) is 9.59 Å². The number of rotatable bonds is 6. The van der Waals surface area contributed by atoms with Crippen molar-refractivity contribution in [2.75, 3.05) is 5.88 Å². The van der Waals surface area contributed by atoms with E-state index in [1.54, 1.807) is 12.1 Å². The topological polar surface area (TPSA) is 72.5 Å². The van der Waals surface area contributed by atoms with Gasteiger partial charge >= 0.3 is 6.09 Å². The molecule has 6 heteroatoms. The van der Waals surface area contributed by atoms with E-state index in [2.05, 4.69) is 5.32 Å². The smallest absolute Gasteiger partial charge is 0.408 e. The van der Waals surface area contributed by atoms with Crippen LogP contribution in [0.25, 0.3) is 0 Å². The summed E-state index contributed by atoms with van der Waals surface area (Å²) < 4.78 is 4.92. The van der Waals surface area contributed by atoms with Gasteiger partial charge in [0.1, 0.15) is 6.61 Å². The molecule has 0 heterocycles. The first-order valence-electron chi connectivity index (χ1n) is 5.64. The Morgan fingerprint density at radius 3 is 2.47 bits per heavy atom. The van der Waals surface area contributed by atoms with E-state index in [-0.39, 0.29) is 6.61 Å². The molecule has 0 bridgehead atoms. The highest BCUT2D eigenvalue weighted by Crippen LogP contribution is 2.01. The van der Waals surface area contributed by atoms with Crippen LogP contribution in [0, 0.1) is 0 Å². The van der Waals surface area contributed by atoms with E-state index in [0.29, 0.717) is 0 Å². The maximum absolute atomic E-state index is 11.4. The Morgan fingerprint density at radius 2 is 1.89 bits per heavy atom. The van der Waals surface area contributed by atoms with E-state index in [4.69, 9.17) is 16.3 Å². The summed E-state index contributed by atoms with van der Waals surface area (Å²) in [7, 11) is 0. The molecule has 0 aliphatic heterocycles. The van der Waals surface area contributed by atoms with Crippen molar-refractivity contribution < 1.29 is 19.1 Å². The van der Waals surface area contributed by atoms with Gasteiger partial charge in [0.25, 0.3) is 0 Å². The lowest BCUT2D eigenvalue weighted by Gasteiger charge is -2.11. The van der Waals surface area contributed by atoms with Crippen LogP contribution in [-0.4, -0.2) is 29.6 Å². The summed E-state index contributed by atoms with van der Waals surface area (Å²) in [4.78, 5) is 33.8. The molecule has 0 aliphatic rings. The fourth-order valence-electron chi connectivity index (χ4n) is 1.31. The van der Waals surface area contributed by atoms with E-state index < -0.39 is 29.6 Å². The van der Waals surface area contributed by atoms with Crippen LogP contribution in [0.3, 0.4) is 0 Å². The molecule has 5 nitrogen and oxygen atoms in total. The third-order valence-electron chi connectivity index (χ3n) is 2.34. The zero-order chi connectivity index (χ0) is 14.3. The van der Waals surface area contributed by atoms with Gasteiger partial charge in [0.05, 0.1) is 11.9 Å². The van der Waals surface area contributed by atoms with E-state index in [0.717, 1.165) is 5.56 Å². The molecular weight excluding hydrogens is 270 g/mol. The molecule has 0 saturated carbocycles. The highest BCUT2D eigenvalue weighted by Gasteiger charge is 2.22. The molecule has 1 aromatic rings. The standard InChI is InChI=1S/C13H14ClNO4/c1-9(12(17)11(16)7-14)15-13(18)19-8-10-5-3-2-4-6-10/h2-6,9H,7-8H2,1H3,(H,15,18)/t9-/m0/s1. The Hall–Kier alpha value is -1.88. The molecule has 1 atom stereocenters. The van der Waals surface area contributed by atoms with Crippen molar-refractivity contribution in [2.24, 2.45) is 0 Å². The van der Waals surface area contributed by atoms with Crippen LogP contribution < -0.4 is 5.32 Å². The molecule has 0 spiro atoms. The second-order valence-corrected chi connectivity index (χ2v) is 4.12. The molecule has 0 radical (unpaired) electrons. The summed E-state index contributed by atoms with van der Waals surface area (Å²) in [5.74, 6) is -1.88. The van der Waals surface area contributed by atoms with E-state index in [9.17, 15) is 14.4 Å². The summed E-state index contributed by atoms with van der Waals surface area (Å²) in [6.07, 6.45) is -0.757. The van der Waals surface area contributed by atoms with Crippen LogP contribution >= 0.6 is 11.6 Å². The van der Waals surface area contributed by atoms with Gasteiger partial charge < -0.3 is 10.1 Å². The van der Waals surface area contributed by atoms with Gasteiger partial charge in [-0.25, -0.2) is 4.79 Å². The largest absolute Gasteiger partial charge is 0.445 e. The van der Waals surface area contributed by atoms with Crippen LogP contribution in [0.5, 0.6) is 0 Å². The second-order valence-electron chi connectivity index (χ2n) is 3.85. The van der Waals surface area contributed by atoms with Crippen LogP contribution in [-0.2, 0) is 20.9 Å². The van der Waals surface area contributed by atoms with Gasteiger partial charge in [0.2, 0.25) is 11.6 Å². The van der Waals surface area contributed by atoms with Gasteiger partial charge in [-0.15, -0.1) is 11.6 Å². The predicted octanol–water partition coefficient (Wildman–Crippen LogP) is 1.68. The Morgan fingerprint density at radius 1 is 1.26 bits per heavy atom. The Labute approximate surface area is 115 Å². The highest BCUT2D eigenvalue weighted by atomic mass is 35.5. The monoisotopic (exact) mass is 283 g/mol. The molecule has 0 saturated heterocycles. The molecule has 19 heavy (non-hydrogen) atoms. The first-order valence-corrected chi connectivity index (χ1v) is 6.18. The number of Topliss-reactive ketones (excluding diaryl/α,β-unsaturated/α-hetero) is 2. The second kappa shape index (κ2) is 7.53. The maximum atomic E-state index is 11.4. The molecule has 102 valence electrons. The summed E-state index contributed by atoms with van der Waals surface area (Å²) in [6.45, 7) is 1.49. The quantitative estimate of drug-likeness (QED) is 0.637. The van der Waals surface area contributed by atoms with E-state index in [1.165, 1.54) is 6.92 Å². The molecular formula is C13H14ClNO4. The van der Waals surface area contributed by atoms with Crippen molar-refractivity contribution in [2.45, 2.75) is 19.6 Å². The number of ketones is 2. The zero-order valence-corrected chi connectivity index (χ0v) is 11.1. The molecule has 0 fully saturated rings. The lowest BCUT2D eigenvalue weighted by atomic mass is 10.1. The van der Waals surface area contributed by atoms with Crippen LogP contribution in [0.2, 0.25) is 0 Å². The van der Waals surface area contributed by atoms with Crippen molar-refractivity contribution >= 4 is 29.3 Å². The SMILES string of the molecule is C[C@H](NC(=O)OCc1ccccc1)C(=O)C(=O)CCl. The fraction of sp³-hybridized carbons (Fsp3) is 0.308. The van der Waals surface area contributed by atoms with Gasteiger partial charge in [0, 0.05) is 0 Å². The first kappa shape index (κ1) is 15.2. The number of benzene rings is 1. The minimum Gasteiger partial charge on any atom is -0.445 e. The average Bonchev–Trinajstić information content (AvgIpc) is 2.44. The van der Waals surface area contributed by atoms with Gasteiger partial charge in [0.15, 0.2) is 0 Å².